The lowest BCUT2D eigenvalue weighted by molar-refractivity contribution is 0.490. The van der Waals surface area contributed by atoms with Crippen molar-refractivity contribution in [2.24, 2.45) is 11.7 Å². The van der Waals surface area contributed by atoms with Crippen molar-refractivity contribution in [3.05, 3.63) is 0 Å². The van der Waals surface area contributed by atoms with Crippen molar-refractivity contribution >= 4 is 6.29 Å². The summed E-state index contributed by atoms with van der Waals surface area (Å²) >= 11 is 0. The quantitative estimate of drug-likeness (QED) is 0.596. The van der Waals surface area contributed by atoms with E-state index in [9.17, 15) is 4.79 Å². The van der Waals surface area contributed by atoms with Crippen LogP contribution in [0.5, 0.6) is 0 Å². The van der Waals surface area contributed by atoms with Crippen LogP contribution >= 0.6 is 0 Å². The normalized spacial score (nSPS) is 13.1. The van der Waals surface area contributed by atoms with Gasteiger partial charge in [-0.05, 0) is 19.4 Å². The monoisotopic (exact) mass is 128 g/mol. The molecule has 0 heterocycles. The van der Waals surface area contributed by atoms with Gasteiger partial charge in [0, 0.05) is 5.92 Å². The second-order valence-electron chi connectivity index (χ2n) is 2.18. The first-order chi connectivity index (χ1) is 4.35. The minimum atomic E-state index is 0.0833. The van der Waals surface area contributed by atoms with Gasteiger partial charge in [0.2, 0.25) is 6.29 Å². The molecule has 0 rings (SSSR count). The fourth-order valence-corrected chi connectivity index (χ4v) is 0.812. The van der Waals surface area contributed by atoms with Crippen molar-refractivity contribution < 1.29 is 4.79 Å². The van der Waals surface area contributed by atoms with Gasteiger partial charge in [0.1, 0.15) is 0 Å². The Morgan fingerprint density at radius 2 is 2.22 bits per heavy atom. The molecule has 0 aliphatic carbocycles. The van der Waals surface area contributed by atoms with E-state index in [0.29, 0.717) is 6.54 Å². The van der Waals surface area contributed by atoms with E-state index >= 15 is 0 Å². The molecule has 1 atom stereocenters. The van der Waals surface area contributed by atoms with E-state index in [1.807, 2.05) is 6.29 Å². The van der Waals surface area contributed by atoms with Crippen molar-refractivity contribution in [2.45, 2.75) is 26.2 Å². The molecule has 0 spiro atoms. The highest BCUT2D eigenvalue weighted by Crippen LogP contribution is 2.05. The van der Waals surface area contributed by atoms with Crippen molar-refractivity contribution in [1.82, 2.24) is 0 Å². The second kappa shape index (κ2) is 5.76. The van der Waals surface area contributed by atoms with E-state index in [2.05, 4.69) is 6.92 Å². The average Bonchev–Trinajstić information content (AvgIpc) is 1.88. The predicted molar refractivity (Wildman–Crippen MR) is 37.8 cm³/mol. The molecular formula is C7H14NO. The molecule has 53 valence electrons. The zero-order valence-electron chi connectivity index (χ0n) is 5.89. The standard InChI is InChI=1S/C7H14NO/c1-2-3-7(6-9)4-5-8/h7H,2-5,8H2,1H3. The van der Waals surface area contributed by atoms with E-state index in [1.54, 1.807) is 0 Å². The third kappa shape index (κ3) is 4.15. The van der Waals surface area contributed by atoms with Crippen LogP contribution in [0.4, 0.5) is 0 Å². The van der Waals surface area contributed by atoms with Crippen LogP contribution in [-0.4, -0.2) is 12.8 Å². The Hall–Kier alpha value is -0.370. The molecule has 0 aliphatic heterocycles. The molecule has 1 radical (unpaired) electrons. The molecule has 0 aromatic carbocycles. The number of carbonyl (C=O) groups excluding carboxylic acids is 1. The summed E-state index contributed by atoms with van der Waals surface area (Å²) in [5, 5.41) is 0. The SMILES string of the molecule is CCCC([C]=O)CCN. The molecule has 2 N–H and O–H groups in total. The Kier molecular flexibility index (Phi) is 5.52. The highest BCUT2D eigenvalue weighted by atomic mass is 16.1. The van der Waals surface area contributed by atoms with Gasteiger partial charge in [-0.3, -0.25) is 4.79 Å². The topological polar surface area (TPSA) is 43.1 Å². The van der Waals surface area contributed by atoms with Crippen LogP contribution in [0.25, 0.3) is 0 Å². The molecule has 2 nitrogen and oxygen atoms in total. The highest BCUT2D eigenvalue weighted by molar-refractivity contribution is 5.54. The first kappa shape index (κ1) is 8.63. The molecule has 1 unspecified atom stereocenters. The molecule has 2 heteroatoms. The Bertz CT molecular complexity index is 67.3. The van der Waals surface area contributed by atoms with Gasteiger partial charge in [-0.15, -0.1) is 0 Å². The Balaban J connectivity index is 3.29. The molecule has 0 fully saturated rings. The van der Waals surface area contributed by atoms with E-state index in [-0.39, 0.29) is 5.92 Å². The van der Waals surface area contributed by atoms with Crippen LogP contribution in [0.2, 0.25) is 0 Å². The van der Waals surface area contributed by atoms with Crippen LogP contribution < -0.4 is 5.73 Å². The third-order valence-electron chi connectivity index (χ3n) is 1.32. The molecule has 0 bridgehead atoms. The van der Waals surface area contributed by atoms with Gasteiger partial charge in [-0.2, -0.15) is 0 Å². The summed E-state index contributed by atoms with van der Waals surface area (Å²) in [5.74, 6) is 0.0833. The van der Waals surface area contributed by atoms with Crippen molar-refractivity contribution in [3.63, 3.8) is 0 Å². The fraction of sp³-hybridized carbons (Fsp3) is 0.857. The molecule has 0 aromatic rings. The summed E-state index contributed by atoms with van der Waals surface area (Å²) in [4.78, 5) is 10.1. The molecule has 9 heavy (non-hydrogen) atoms. The largest absolute Gasteiger partial charge is 0.330 e. The number of nitrogens with two attached hydrogens (primary N) is 1. The third-order valence-corrected chi connectivity index (χ3v) is 1.32. The number of rotatable bonds is 5. The highest BCUT2D eigenvalue weighted by Gasteiger charge is 2.03. The summed E-state index contributed by atoms with van der Waals surface area (Å²) in [5.41, 5.74) is 5.26. The maximum absolute atomic E-state index is 10.1. The number of hydrogen-bond donors (Lipinski definition) is 1. The predicted octanol–water partition coefficient (Wildman–Crippen LogP) is 0.861. The van der Waals surface area contributed by atoms with Crippen molar-refractivity contribution in [1.29, 1.82) is 0 Å². The van der Waals surface area contributed by atoms with Crippen LogP contribution in [0.3, 0.4) is 0 Å². The smallest absolute Gasteiger partial charge is 0.201 e. The Morgan fingerprint density at radius 1 is 1.56 bits per heavy atom. The van der Waals surface area contributed by atoms with E-state index in [0.717, 1.165) is 19.3 Å². The van der Waals surface area contributed by atoms with Gasteiger partial charge in [-0.25, -0.2) is 0 Å². The maximum Gasteiger partial charge on any atom is 0.201 e. The van der Waals surface area contributed by atoms with E-state index in [1.165, 1.54) is 0 Å². The summed E-state index contributed by atoms with van der Waals surface area (Å²) in [6.07, 6.45) is 4.74. The fourth-order valence-electron chi connectivity index (χ4n) is 0.812. The van der Waals surface area contributed by atoms with Crippen LogP contribution in [-0.2, 0) is 4.79 Å². The Morgan fingerprint density at radius 3 is 2.56 bits per heavy atom. The lowest BCUT2D eigenvalue weighted by Gasteiger charge is -2.03. The van der Waals surface area contributed by atoms with E-state index < -0.39 is 0 Å². The van der Waals surface area contributed by atoms with E-state index in [4.69, 9.17) is 5.73 Å². The minimum absolute atomic E-state index is 0.0833. The van der Waals surface area contributed by atoms with Gasteiger partial charge in [0.15, 0.2) is 0 Å². The minimum Gasteiger partial charge on any atom is -0.330 e. The molecule has 0 saturated carbocycles. The molecule has 0 saturated heterocycles. The van der Waals surface area contributed by atoms with Gasteiger partial charge >= 0.3 is 0 Å². The first-order valence-electron chi connectivity index (χ1n) is 3.42. The van der Waals surface area contributed by atoms with Crippen LogP contribution in [0, 0.1) is 5.92 Å². The number of hydrogen-bond acceptors (Lipinski definition) is 2. The van der Waals surface area contributed by atoms with Gasteiger partial charge in [0.05, 0.1) is 0 Å². The second-order valence-corrected chi connectivity index (χ2v) is 2.18. The molecule has 0 aliphatic rings. The lowest BCUT2D eigenvalue weighted by atomic mass is 10.0. The summed E-state index contributed by atoms with van der Waals surface area (Å²) in [6.45, 7) is 2.65. The zero-order valence-corrected chi connectivity index (χ0v) is 5.89. The van der Waals surface area contributed by atoms with Gasteiger partial charge in [-0.1, -0.05) is 13.3 Å². The first-order valence-corrected chi connectivity index (χ1v) is 3.42. The lowest BCUT2D eigenvalue weighted by Crippen LogP contribution is -2.09. The Labute approximate surface area is 56.4 Å². The van der Waals surface area contributed by atoms with Crippen LogP contribution in [0.1, 0.15) is 26.2 Å². The maximum atomic E-state index is 10.1. The molecule has 0 amide bonds. The van der Waals surface area contributed by atoms with Crippen molar-refractivity contribution in [3.8, 4) is 0 Å². The molecule has 0 aromatic heterocycles. The van der Waals surface area contributed by atoms with Gasteiger partial charge in [0.25, 0.3) is 0 Å². The zero-order chi connectivity index (χ0) is 7.11. The summed E-state index contributed by atoms with van der Waals surface area (Å²) in [7, 11) is 0. The average molecular weight is 128 g/mol. The summed E-state index contributed by atoms with van der Waals surface area (Å²) in [6, 6.07) is 0. The molecular weight excluding hydrogens is 114 g/mol. The van der Waals surface area contributed by atoms with Gasteiger partial charge < -0.3 is 5.73 Å². The van der Waals surface area contributed by atoms with Crippen LogP contribution in [0.15, 0.2) is 0 Å². The summed E-state index contributed by atoms with van der Waals surface area (Å²) < 4.78 is 0. The van der Waals surface area contributed by atoms with Crippen molar-refractivity contribution in [2.75, 3.05) is 6.54 Å².